The van der Waals surface area contributed by atoms with Crippen LogP contribution in [0.2, 0.25) is 0 Å². The first-order valence-corrected chi connectivity index (χ1v) is 2.46. The van der Waals surface area contributed by atoms with Crippen LogP contribution >= 0.6 is 0 Å². The van der Waals surface area contributed by atoms with E-state index < -0.39 is 25.8 Å². The number of rotatable bonds is 0. The van der Waals surface area contributed by atoms with Gasteiger partial charge in [0, 0.05) is 20.8 Å². The molecule has 48 valence electrons. The highest BCUT2D eigenvalue weighted by atomic mass is 16.5. The van der Waals surface area contributed by atoms with Crippen LogP contribution in [0.25, 0.3) is 0 Å². The molecule has 0 amide bonds. The molecule has 0 aromatic rings. The lowest BCUT2D eigenvalue weighted by Crippen LogP contribution is -2.44. The third kappa shape index (κ3) is 1.20. The Bertz CT molecular complexity index is 237. The van der Waals surface area contributed by atoms with Crippen LogP contribution in [-0.4, -0.2) is 25.3 Å². The van der Waals surface area contributed by atoms with Crippen molar-refractivity contribution in [3.63, 3.8) is 0 Å². The fourth-order valence-electron chi connectivity index (χ4n) is 0.540. The highest BCUT2D eigenvalue weighted by Crippen LogP contribution is 2.00. The highest BCUT2D eigenvalue weighted by molar-refractivity contribution is 4.71. The van der Waals surface area contributed by atoms with Crippen molar-refractivity contribution in [2.75, 3.05) is 13.2 Å². The van der Waals surface area contributed by atoms with Crippen molar-refractivity contribution in [3.8, 4) is 0 Å². The molecule has 1 aliphatic heterocycles. The van der Waals surface area contributed by atoms with Gasteiger partial charge in [-0.1, -0.05) is 0 Å². The van der Waals surface area contributed by atoms with Crippen LogP contribution in [0.3, 0.4) is 0 Å². The zero-order valence-corrected chi connectivity index (χ0v) is 4.40. The maximum Gasteiger partial charge on any atom is 0.0697 e. The second-order valence-corrected chi connectivity index (χ2v) is 1.60. The molecule has 1 fully saturated rings. The molecule has 2 unspecified atom stereocenters. The minimum absolute atomic E-state index is 0.0223. The average molecular weight is 122 g/mol. The summed E-state index contributed by atoms with van der Waals surface area (Å²) in [5, 5.41) is 2.52. The van der Waals surface area contributed by atoms with Gasteiger partial charge in [0.1, 0.15) is 0 Å². The molecule has 0 spiro atoms. The van der Waals surface area contributed by atoms with Gasteiger partial charge in [0.15, 0.2) is 0 Å². The van der Waals surface area contributed by atoms with Crippen LogP contribution < -0.4 is 5.32 Å². The molecule has 0 radical (unpaired) electrons. The van der Waals surface area contributed by atoms with Gasteiger partial charge in [0.05, 0.1) is 14.1 Å². The quantitative estimate of drug-likeness (QED) is 0.501. The Kier molecular flexibility index (Phi) is 0.525. The summed E-state index contributed by atoms with van der Waals surface area (Å²) >= 11 is 0. The third-order valence-electron chi connectivity index (χ3n) is 0.970. The maximum atomic E-state index is 7.68. The van der Waals surface area contributed by atoms with Crippen LogP contribution in [-0.2, 0) is 4.74 Å². The van der Waals surface area contributed by atoms with Gasteiger partial charge in [0.2, 0.25) is 0 Å². The van der Waals surface area contributed by atoms with Gasteiger partial charge in [0.25, 0.3) is 0 Å². The molecule has 1 aliphatic rings. The van der Waals surface area contributed by atoms with Crippen LogP contribution in [0.5, 0.6) is 0 Å². The van der Waals surface area contributed by atoms with E-state index in [9.17, 15) is 0 Å². The van der Waals surface area contributed by atoms with Crippen LogP contribution in [0, 0.1) is 0 Å². The molecule has 0 aromatic carbocycles. The number of nitrogens with one attached hydrogen (secondary N) is 1. The van der Waals surface area contributed by atoms with E-state index in [1.54, 1.807) is 0 Å². The predicted octanol–water partition coefficient (Wildman–Crippen LogP) is 0.383. The molecule has 2 heteroatoms. The monoisotopic (exact) mass is 122 g/mol. The lowest BCUT2D eigenvalue weighted by Gasteiger charge is -2.26. The third-order valence-corrected chi connectivity index (χ3v) is 0.970. The molecule has 0 aliphatic carbocycles. The average Bonchev–Trinajstić information content (AvgIpc) is 2.00. The van der Waals surface area contributed by atoms with Crippen molar-refractivity contribution in [1.82, 2.24) is 5.32 Å². The van der Waals surface area contributed by atoms with Gasteiger partial charge in [-0.3, -0.25) is 0 Å². The predicted molar refractivity (Wildman–Crippen MR) is 32.9 cm³/mol. The van der Waals surface area contributed by atoms with Gasteiger partial charge >= 0.3 is 0 Å². The second kappa shape index (κ2) is 2.46. The van der Waals surface area contributed by atoms with Gasteiger partial charge in [-0.25, -0.2) is 0 Å². The van der Waals surface area contributed by atoms with Crippen molar-refractivity contribution in [2.45, 2.75) is 25.8 Å². The Morgan fingerprint density at radius 1 is 1.88 bits per heavy atom. The van der Waals surface area contributed by atoms with E-state index in [-0.39, 0.29) is 13.2 Å². The summed E-state index contributed by atoms with van der Waals surface area (Å²) in [6.45, 7) is -5.11. The fourth-order valence-corrected chi connectivity index (χ4v) is 0.540. The van der Waals surface area contributed by atoms with Gasteiger partial charge < -0.3 is 10.1 Å². The summed E-state index contributed by atoms with van der Waals surface area (Å²) in [5.41, 5.74) is 0. The Labute approximate surface area is 60.1 Å². The zero-order valence-electron chi connectivity index (χ0n) is 11.4. The topological polar surface area (TPSA) is 21.3 Å². The fraction of sp³-hybridized carbons (Fsp3) is 1.00. The smallest absolute Gasteiger partial charge is 0.0697 e. The Balaban J connectivity index is 3.02. The van der Waals surface area contributed by atoms with Crippen LogP contribution in [0.15, 0.2) is 0 Å². The Morgan fingerprint density at radius 3 is 3.50 bits per heavy atom. The maximum absolute atomic E-state index is 7.68. The largest absolute Gasteiger partial charge is 0.376 e. The van der Waals surface area contributed by atoms with Crippen molar-refractivity contribution in [3.05, 3.63) is 0 Å². The van der Waals surface area contributed by atoms with E-state index in [4.69, 9.17) is 14.3 Å². The number of ether oxygens (including phenoxy) is 1. The van der Waals surface area contributed by atoms with Gasteiger partial charge in [-0.15, -0.1) is 0 Å². The van der Waals surface area contributed by atoms with E-state index in [0.717, 1.165) is 0 Å². The van der Waals surface area contributed by atoms with Crippen molar-refractivity contribution >= 4 is 0 Å². The summed E-state index contributed by atoms with van der Waals surface area (Å²) in [4.78, 5) is 0. The van der Waals surface area contributed by atoms with E-state index >= 15 is 0 Å². The van der Waals surface area contributed by atoms with Gasteiger partial charge in [-0.05, 0) is 13.7 Å². The summed E-state index contributed by atoms with van der Waals surface area (Å²) in [6.07, 6.45) is -2.41. The molecular formula is C6H13NO. The lowest BCUT2D eigenvalue weighted by atomic mass is 10.2. The Morgan fingerprint density at radius 2 is 2.88 bits per heavy atom. The van der Waals surface area contributed by atoms with E-state index in [0.29, 0.717) is 0 Å². The second-order valence-electron chi connectivity index (χ2n) is 1.60. The van der Waals surface area contributed by atoms with Gasteiger partial charge in [-0.2, -0.15) is 0 Å². The molecule has 1 rings (SSSR count). The number of hydrogen-bond donors (Lipinski definition) is 1. The summed E-state index contributed by atoms with van der Waals surface area (Å²) in [5.74, 6) is 0. The molecule has 8 heavy (non-hydrogen) atoms. The summed E-state index contributed by atoms with van der Waals surface area (Å²) in [6, 6.07) is -1.49. The molecule has 0 bridgehead atoms. The molecule has 0 aromatic heterocycles. The van der Waals surface area contributed by atoms with Crippen molar-refractivity contribution in [2.24, 2.45) is 0 Å². The lowest BCUT2D eigenvalue weighted by molar-refractivity contribution is 0.0135. The molecule has 1 saturated heterocycles. The molecular weight excluding hydrogens is 102 g/mol. The minimum atomic E-state index is -2.79. The summed E-state index contributed by atoms with van der Waals surface area (Å²) in [7, 11) is 0. The first kappa shape index (κ1) is 1.70. The normalized spacial score (nSPS) is 65.0. The SMILES string of the molecule is [2H]C([2H])([2H])C1NCCOC1([2H])C([2H])([2H])[2H]. The van der Waals surface area contributed by atoms with Crippen LogP contribution in [0.1, 0.15) is 23.3 Å². The Hall–Kier alpha value is -0.0800. The standard InChI is InChI=1S/C6H13NO/c1-5-6(2)8-4-3-7-5/h5-7H,3-4H2,1-2H3/i1D3,2D3,6D. The molecule has 1 heterocycles. The summed E-state index contributed by atoms with van der Waals surface area (Å²) < 4.78 is 55.6. The van der Waals surface area contributed by atoms with E-state index in [2.05, 4.69) is 5.32 Å². The number of hydrogen-bond acceptors (Lipinski definition) is 2. The first-order chi connectivity index (χ1) is 6.59. The molecule has 1 N–H and O–H groups in total. The molecule has 2 atom stereocenters. The van der Waals surface area contributed by atoms with E-state index in [1.807, 2.05) is 0 Å². The highest BCUT2D eigenvalue weighted by Gasteiger charge is 2.15. The van der Waals surface area contributed by atoms with Crippen LogP contribution in [0.4, 0.5) is 0 Å². The first-order valence-electron chi connectivity index (χ1n) is 5.96. The minimum Gasteiger partial charge on any atom is -0.376 e. The zero-order chi connectivity index (χ0) is 11.9. The number of morpholine rings is 1. The van der Waals surface area contributed by atoms with Crippen molar-refractivity contribution < 1.29 is 14.3 Å². The van der Waals surface area contributed by atoms with E-state index in [1.165, 1.54) is 0 Å². The molecule has 2 nitrogen and oxygen atoms in total. The molecule has 0 saturated carbocycles. The van der Waals surface area contributed by atoms with Crippen molar-refractivity contribution in [1.29, 1.82) is 0 Å².